The number of likely N-dealkylation sites (tertiary alicyclic amines) is 1. The highest BCUT2D eigenvalue weighted by molar-refractivity contribution is 5.81. The van der Waals surface area contributed by atoms with Gasteiger partial charge in [-0.2, -0.15) is 5.10 Å². The highest BCUT2D eigenvalue weighted by Crippen LogP contribution is 2.30. The number of aliphatic hydroxyl groups is 1. The van der Waals surface area contributed by atoms with Crippen LogP contribution in [-0.4, -0.2) is 69.0 Å². The fourth-order valence-corrected chi connectivity index (χ4v) is 4.68. The van der Waals surface area contributed by atoms with Gasteiger partial charge in [-0.05, 0) is 56.8 Å². The van der Waals surface area contributed by atoms with Crippen LogP contribution in [0.2, 0.25) is 0 Å². The Morgan fingerprint density at radius 2 is 2.11 bits per heavy atom. The van der Waals surface area contributed by atoms with Gasteiger partial charge in [0.05, 0.1) is 54.6 Å². The van der Waals surface area contributed by atoms with Gasteiger partial charge in [0.2, 0.25) is 0 Å². The highest BCUT2D eigenvalue weighted by Gasteiger charge is 2.28. The molecule has 4 heterocycles. The summed E-state index contributed by atoms with van der Waals surface area (Å²) < 4.78 is 21.2. The van der Waals surface area contributed by atoms with Crippen LogP contribution in [0.5, 0.6) is 0 Å². The number of nitrogens with zero attached hydrogens (tertiary/aromatic N) is 5. The predicted octanol–water partition coefficient (Wildman–Crippen LogP) is 3.09. The molecule has 3 N–H and O–H groups in total. The number of fused-ring (bicyclic) bond motifs is 1. The molecule has 2 atom stereocenters. The third kappa shape index (κ3) is 5.64. The Labute approximate surface area is 219 Å². The molecule has 5 rings (SSSR count). The summed E-state index contributed by atoms with van der Waals surface area (Å²) >= 11 is 0. The van der Waals surface area contributed by atoms with E-state index >= 15 is 0 Å². The van der Waals surface area contributed by atoms with Gasteiger partial charge in [0.15, 0.2) is 0 Å². The average Bonchev–Trinajstić information content (AvgIpc) is 3.42. The van der Waals surface area contributed by atoms with Crippen molar-refractivity contribution < 1.29 is 19.0 Å². The maximum atomic E-state index is 14.9. The SMILES string of the molecule is COC(=O)CNC1CCN(C)C(c2ccc3cnc(Nc4ccc(-n5ccc(CO)n5)cc4F)cc3n2)C1. The lowest BCUT2D eigenvalue weighted by molar-refractivity contribution is -0.139. The Hall–Kier alpha value is -3.93. The van der Waals surface area contributed by atoms with Crippen molar-refractivity contribution >= 4 is 28.4 Å². The van der Waals surface area contributed by atoms with Gasteiger partial charge >= 0.3 is 5.97 Å². The van der Waals surface area contributed by atoms with E-state index in [1.165, 1.54) is 17.9 Å². The van der Waals surface area contributed by atoms with Crippen LogP contribution in [0.3, 0.4) is 0 Å². The van der Waals surface area contributed by atoms with Crippen LogP contribution >= 0.6 is 0 Å². The number of nitrogens with one attached hydrogen (secondary N) is 2. The molecule has 0 amide bonds. The molecule has 4 aromatic rings. The van der Waals surface area contributed by atoms with Crippen LogP contribution in [0.15, 0.2) is 54.9 Å². The number of piperidine rings is 1. The highest BCUT2D eigenvalue weighted by atomic mass is 19.1. The summed E-state index contributed by atoms with van der Waals surface area (Å²) in [6, 6.07) is 12.5. The van der Waals surface area contributed by atoms with Crippen molar-refractivity contribution in [1.29, 1.82) is 0 Å². The van der Waals surface area contributed by atoms with Crippen molar-refractivity contribution in [2.75, 3.05) is 32.6 Å². The van der Waals surface area contributed by atoms with Crippen LogP contribution in [0.4, 0.5) is 15.9 Å². The van der Waals surface area contributed by atoms with Crippen LogP contribution in [-0.2, 0) is 16.1 Å². The zero-order valence-corrected chi connectivity index (χ0v) is 21.3. The number of aromatic nitrogens is 4. The molecule has 0 aliphatic carbocycles. The molecule has 10 nitrogen and oxygen atoms in total. The molecule has 11 heteroatoms. The zero-order valence-electron chi connectivity index (χ0n) is 21.3. The van der Waals surface area contributed by atoms with Crippen LogP contribution in [0.25, 0.3) is 16.6 Å². The van der Waals surface area contributed by atoms with E-state index in [9.17, 15) is 14.3 Å². The number of ether oxygens (including phenoxy) is 1. The molecule has 0 radical (unpaired) electrons. The first kappa shape index (κ1) is 25.7. The largest absolute Gasteiger partial charge is 0.468 e. The minimum absolute atomic E-state index is 0.0894. The second-order valence-electron chi connectivity index (χ2n) is 9.37. The quantitative estimate of drug-likeness (QED) is 0.302. The number of methoxy groups -OCH3 is 1. The molecule has 0 bridgehead atoms. The molecular weight excluding hydrogens is 489 g/mol. The first-order chi connectivity index (χ1) is 18.4. The van der Waals surface area contributed by atoms with E-state index in [4.69, 9.17) is 9.72 Å². The summed E-state index contributed by atoms with van der Waals surface area (Å²) in [5, 5.41) is 20.6. The lowest BCUT2D eigenvalue weighted by Gasteiger charge is -2.37. The number of anilines is 2. The number of hydrogen-bond donors (Lipinski definition) is 3. The molecule has 1 aliphatic rings. The van der Waals surface area contributed by atoms with Gasteiger partial charge in [-0.1, -0.05) is 0 Å². The Balaban J connectivity index is 1.33. The van der Waals surface area contributed by atoms with Gasteiger partial charge < -0.3 is 20.5 Å². The van der Waals surface area contributed by atoms with Crippen LogP contribution in [0.1, 0.15) is 30.3 Å². The summed E-state index contributed by atoms with van der Waals surface area (Å²) in [5.74, 6) is -0.258. The molecule has 2 unspecified atom stereocenters. The van der Waals surface area contributed by atoms with E-state index < -0.39 is 5.82 Å². The van der Waals surface area contributed by atoms with Crippen LogP contribution in [0, 0.1) is 5.82 Å². The Bertz CT molecular complexity index is 1440. The number of carbonyl (C=O) groups is 1. The van der Waals surface area contributed by atoms with Crippen molar-refractivity contribution in [2.45, 2.75) is 31.5 Å². The number of benzene rings is 1. The average molecular weight is 520 g/mol. The number of pyridine rings is 2. The molecule has 1 aliphatic heterocycles. The minimum Gasteiger partial charge on any atom is -0.468 e. The third-order valence-electron chi connectivity index (χ3n) is 6.86. The summed E-state index contributed by atoms with van der Waals surface area (Å²) in [7, 11) is 3.46. The van der Waals surface area contributed by atoms with Crippen LogP contribution < -0.4 is 10.6 Å². The number of carbonyl (C=O) groups excluding carboxylic acids is 1. The zero-order chi connectivity index (χ0) is 26.6. The van der Waals surface area contributed by atoms with Crippen molar-refractivity contribution in [1.82, 2.24) is 30.0 Å². The maximum absolute atomic E-state index is 14.9. The third-order valence-corrected chi connectivity index (χ3v) is 6.86. The number of esters is 1. The van der Waals surface area contributed by atoms with Gasteiger partial charge in [0.1, 0.15) is 11.6 Å². The Morgan fingerprint density at radius 1 is 1.24 bits per heavy atom. The lowest BCUT2D eigenvalue weighted by Crippen LogP contribution is -2.44. The van der Waals surface area contributed by atoms with E-state index in [0.29, 0.717) is 17.2 Å². The first-order valence-corrected chi connectivity index (χ1v) is 12.4. The molecule has 198 valence electrons. The van der Waals surface area contributed by atoms with Crippen molar-refractivity contribution in [2.24, 2.45) is 0 Å². The second-order valence-corrected chi connectivity index (χ2v) is 9.37. The monoisotopic (exact) mass is 519 g/mol. The van der Waals surface area contributed by atoms with Gasteiger partial charge in [-0.3, -0.25) is 14.7 Å². The first-order valence-electron chi connectivity index (χ1n) is 12.4. The molecule has 0 saturated carbocycles. The van der Waals surface area contributed by atoms with E-state index in [2.05, 4.69) is 32.7 Å². The lowest BCUT2D eigenvalue weighted by atomic mass is 9.94. The Kier molecular flexibility index (Phi) is 7.59. The number of aliphatic hydroxyl groups excluding tert-OH is 1. The van der Waals surface area contributed by atoms with E-state index in [0.717, 1.165) is 36.0 Å². The molecule has 1 fully saturated rings. The predicted molar refractivity (Wildman–Crippen MR) is 141 cm³/mol. The summed E-state index contributed by atoms with van der Waals surface area (Å²) in [5.41, 5.74) is 3.01. The number of halogens is 1. The topological polar surface area (TPSA) is 117 Å². The molecule has 3 aromatic heterocycles. The van der Waals surface area contributed by atoms with E-state index in [-0.39, 0.29) is 36.9 Å². The van der Waals surface area contributed by atoms with Gasteiger partial charge in [-0.25, -0.2) is 14.1 Å². The normalized spacial score (nSPS) is 18.0. The molecule has 0 spiro atoms. The number of hydrogen-bond acceptors (Lipinski definition) is 9. The van der Waals surface area contributed by atoms with Crippen molar-refractivity contribution in [3.05, 3.63) is 72.1 Å². The maximum Gasteiger partial charge on any atom is 0.319 e. The van der Waals surface area contributed by atoms with Gasteiger partial charge in [0.25, 0.3) is 0 Å². The molecule has 1 aromatic carbocycles. The van der Waals surface area contributed by atoms with E-state index in [1.54, 1.807) is 30.6 Å². The molecule has 38 heavy (non-hydrogen) atoms. The minimum atomic E-state index is -0.457. The fourth-order valence-electron chi connectivity index (χ4n) is 4.68. The van der Waals surface area contributed by atoms with E-state index in [1.807, 2.05) is 18.2 Å². The smallest absolute Gasteiger partial charge is 0.319 e. The number of rotatable bonds is 8. The van der Waals surface area contributed by atoms with Crippen molar-refractivity contribution in [3.8, 4) is 5.69 Å². The Morgan fingerprint density at radius 3 is 2.87 bits per heavy atom. The van der Waals surface area contributed by atoms with Gasteiger partial charge in [-0.15, -0.1) is 0 Å². The summed E-state index contributed by atoms with van der Waals surface area (Å²) in [6.45, 7) is 0.885. The molecule has 1 saturated heterocycles. The standard InChI is InChI=1S/C27H30FN7O3/c1-34-9-7-18(29-15-27(37)38-2)11-25(34)23-5-3-17-14-30-26(13-24(17)31-23)32-22-6-4-20(12-21(22)28)35-10-8-19(16-36)33-35/h3-6,8,10,12-14,18,25,29,36H,7,9,11,15-16H2,1-2H3,(H,30,32). The second kappa shape index (κ2) is 11.2. The summed E-state index contributed by atoms with van der Waals surface area (Å²) in [6.07, 6.45) is 5.13. The molecular formula is C27H30FN7O3. The summed E-state index contributed by atoms with van der Waals surface area (Å²) in [4.78, 5) is 23.2. The van der Waals surface area contributed by atoms with Crippen molar-refractivity contribution in [3.63, 3.8) is 0 Å². The van der Waals surface area contributed by atoms with Gasteiger partial charge in [0, 0.05) is 36.0 Å². The fraction of sp³-hybridized carbons (Fsp3) is 0.333.